The summed E-state index contributed by atoms with van der Waals surface area (Å²) in [5.74, 6) is -0.249. The fraction of sp³-hybridized carbons (Fsp3) is 0.222. The van der Waals surface area contributed by atoms with Crippen molar-refractivity contribution in [2.24, 2.45) is 5.73 Å². The van der Waals surface area contributed by atoms with Gasteiger partial charge in [0, 0.05) is 26.2 Å². The number of anilines is 2. The molecule has 0 unspecified atom stereocenters. The van der Waals surface area contributed by atoms with E-state index in [-0.39, 0.29) is 11.7 Å². The number of benzene rings is 1. The van der Waals surface area contributed by atoms with Gasteiger partial charge in [-0.25, -0.2) is 19.2 Å². The van der Waals surface area contributed by atoms with Gasteiger partial charge in [0.2, 0.25) is 0 Å². The molecule has 0 saturated carbocycles. The van der Waals surface area contributed by atoms with Gasteiger partial charge >= 0.3 is 6.03 Å². The number of piperazine rings is 1. The number of nitrogens with one attached hydrogen (secondary N) is 1. The second kappa shape index (κ2) is 7.39. The van der Waals surface area contributed by atoms with Gasteiger partial charge in [0.15, 0.2) is 0 Å². The Bertz CT molecular complexity index is 1050. The first-order valence-electron chi connectivity index (χ1n) is 8.62. The van der Waals surface area contributed by atoms with Crippen molar-refractivity contribution in [2.45, 2.75) is 0 Å². The number of thiophene rings is 1. The number of urea groups is 1. The number of primary amides is 1. The molecule has 28 heavy (non-hydrogen) atoms. The molecule has 4 rings (SSSR count). The number of rotatable bonds is 3. The van der Waals surface area contributed by atoms with E-state index in [1.807, 2.05) is 4.90 Å². The number of nitrogens with zero attached hydrogens (tertiary/aromatic N) is 4. The fourth-order valence-corrected chi connectivity index (χ4v) is 4.05. The molecule has 3 amide bonds. The maximum absolute atomic E-state index is 13.7. The Labute approximate surface area is 163 Å². The highest BCUT2D eigenvalue weighted by atomic mass is 32.1. The number of para-hydroxylation sites is 1. The van der Waals surface area contributed by atoms with Crippen molar-refractivity contribution in [3.8, 4) is 0 Å². The van der Waals surface area contributed by atoms with Crippen molar-refractivity contribution in [3.05, 3.63) is 47.4 Å². The lowest BCUT2D eigenvalue weighted by Crippen LogP contribution is -2.50. The van der Waals surface area contributed by atoms with Gasteiger partial charge in [0.25, 0.3) is 5.91 Å². The predicted octanol–water partition coefficient (Wildman–Crippen LogP) is 2.28. The first kappa shape index (κ1) is 18.1. The number of amides is 3. The van der Waals surface area contributed by atoms with Crippen LogP contribution in [0, 0.1) is 5.82 Å². The smallest absolute Gasteiger partial charge is 0.322 e. The van der Waals surface area contributed by atoms with Crippen molar-refractivity contribution in [1.29, 1.82) is 0 Å². The molecule has 0 bridgehead atoms. The molecule has 1 aliphatic heterocycles. The molecule has 1 fully saturated rings. The molecule has 8 nitrogen and oxygen atoms in total. The minimum Gasteiger partial charge on any atom is -0.365 e. The number of fused-ring (bicyclic) bond motifs is 1. The van der Waals surface area contributed by atoms with E-state index in [1.54, 1.807) is 23.1 Å². The second-order valence-corrected chi connectivity index (χ2v) is 7.32. The van der Waals surface area contributed by atoms with Gasteiger partial charge in [0.1, 0.15) is 18.0 Å². The van der Waals surface area contributed by atoms with Gasteiger partial charge < -0.3 is 20.9 Å². The van der Waals surface area contributed by atoms with E-state index in [9.17, 15) is 14.0 Å². The van der Waals surface area contributed by atoms with Crippen LogP contribution in [0.5, 0.6) is 0 Å². The zero-order valence-electron chi connectivity index (χ0n) is 14.8. The van der Waals surface area contributed by atoms with Crippen molar-refractivity contribution in [1.82, 2.24) is 14.9 Å². The molecule has 2 aromatic heterocycles. The number of hydrogen-bond acceptors (Lipinski definition) is 6. The lowest BCUT2D eigenvalue weighted by molar-refractivity contribution is 0.100. The Balaban J connectivity index is 1.46. The summed E-state index contributed by atoms with van der Waals surface area (Å²) in [6.07, 6.45) is 1.45. The number of aromatic nitrogens is 2. The van der Waals surface area contributed by atoms with Gasteiger partial charge in [-0.2, -0.15) is 0 Å². The molecule has 10 heteroatoms. The zero-order chi connectivity index (χ0) is 19.7. The summed E-state index contributed by atoms with van der Waals surface area (Å²) in [7, 11) is 0. The molecule has 0 aliphatic carbocycles. The lowest BCUT2D eigenvalue weighted by atomic mass is 10.3. The summed E-state index contributed by atoms with van der Waals surface area (Å²) in [6.45, 7) is 2.03. The molecule has 3 aromatic rings. The normalized spacial score (nSPS) is 14.3. The van der Waals surface area contributed by atoms with Crippen LogP contribution in [0.25, 0.3) is 10.2 Å². The third-order valence-electron chi connectivity index (χ3n) is 4.52. The van der Waals surface area contributed by atoms with E-state index < -0.39 is 11.7 Å². The third-order valence-corrected chi connectivity index (χ3v) is 5.65. The minimum atomic E-state index is -0.497. The van der Waals surface area contributed by atoms with Crippen molar-refractivity contribution in [3.63, 3.8) is 0 Å². The predicted molar refractivity (Wildman–Crippen MR) is 105 cm³/mol. The van der Waals surface area contributed by atoms with E-state index in [0.29, 0.717) is 36.6 Å². The monoisotopic (exact) mass is 400 g/mol. The van der Waals surface area contributed by atoms with Crippen LogP contribution in [0.2, 0.25) is 0 Å². The number of carbonyl (C=O) groups excluding carboxylic acids is 2. The first-order valence-corrected chi connectivity index (χ1v) is 9.44. The van der Waals surface area contributed by atoms with Crippen LogP contribution in [0.3, 0.4) is 0 Å². The molecule has 0 radical (unpaired) electrons. The van der Waals surface area contributed by atoms with Gasteiger partial charge in [-0.15, -0.1) is 11.3 Å². The van der Waals surface area contributed by atoms with E-state index in [4.69, 9.17) is 5.73 Å². The third kappa shape index (κ3) is 3.46. The van der Waals surface area contributed by atoms with Crippen LogP contribution in [0.4, 0.5) is 20.7 Å². The summed E-state index contributed by atoms with van der Waals surface area (Å²) in [4.78, 5) is 36.5. The standard InChI is InChI=1S/C18H17FN6O2S/c19-11-3-1-2-4-12(11)23-18(27)25-7-5-24(6-8-25)17-15-13(21-10-22-17)9-14(28-15)16(20)26/h1-4,9-10H,5-8H2,(H2,20,26)(H,23,27). The molecule has 1 aromatic carbocycles. The molecule has 1 saturated heterocycles. The number of halogens is 1. The highest BCUT2D eigenvalue weighted by molar-refractivity contribution is 7.21. The Morgan fingerprint density at radius 1 is 1.14 bits per heavy atom. The Morgan fingerprint density at radius 3 is 2.61 bits per heavy atom. The fourth-order valence-electron chi connectivity index (χ4n) is 3.07. The summed E-state index contributed by atoms with van der Waals surface area (Å²) >= 11 is 1.26. The summed E-state index contributed by atoms with van der Waals surface area (Å²) < 4.78 is 14.5. The van der Waals surface area contributed by atoms with Gasteiger partial charge in [-0.1, -0.05) is 12.1 Å². The van der Waals surface area contributed by atoms with E-state index in [0.717, 1.165) is 10.5 Å². The molecule has 3 heterocycles. The van der Waals surface area contributed by atoms with Crippen LogP contribution in [-0.2, 0) is 0 Å². The topological polar surface area (TPSA) is 104 Å². The maximum atomic E-state index is 13.7. The van der Waals surface area contributed by atoms with Crippen LogP contribution in [0.15, 0.2) is 36.7 Å². The SMILES string of the molecule is NC(=O)c1cc2ncnc(N3CCN(C(=O)Nc4ccccc4F)CC3)c2s1. The minimum absolute atomic E-state index is 0.157. The van der Waals surface area contributed by atoms with Crippen LogP contribution < -0.4 is 16.0 Å². The Kier molecular flexibility index (Phi) is 4.78. The largest absolute Gasteiger partial charge is 0.365 e. The average Bonchev–Trinajstić information content (AvgIpc) is 3.15. The molecular weight excluding hydrogens is 383 g/mol. The maximum Gasteiger partial charge on any atom is 0.322 e. The molecule has 0 atom stereocenters. The Hall–Kier alpha value is -3.27. The Morgan fingerprint density at radius 2 is 1.89 bits per heavy atom. The second-order valence-electron chi connectivity index (χ2n) is 6.27. The quantitative estimate of drug-likeness (QED) is 0.702. The highest BCUT2D eigenvalue weighted by Crippen LogP contribution is 2.31. The summed E-state index contributed by atoms with van der Waals surface area (Å²) in [5.41, 5.74) is 6.19. The number of nitrogens with two attached hydrogens (primary N) is 1. The van der Waals surface area contributed by atoms with Crippen LogP contribution in [-0.4, -0.2) is 53.0 Å². The molecule has 3 N–H and O–H groups in total. The molecule has 1 aliphatic rings. The van der Waals surface area contributed by atoms with Crippen molar-refractivity contribution >= 4 is 45.0 Å². The van der Waals surface area contributed by atoms with E-state index >= 15 is 0 Å². The molecule has 0 spiro atoms. The van der Waals surface area contributed by atoms with Gasteiger partial charge in [-0.3, -0.25) is 4.79 Å². The van der Waals surface area contributed by atoms with E-state index in [1.165, 1.54) is 29.8 Å². The van der Waals surface area contributed by atoms with Crippen molar-refractivity contribution < 1.29 is 14.0 Å². The number of carbonyl (C=O) groups is 2. The van der Waals surface area contributed by atoms with Gasteiger partial charge in [0.05, 0.1) is 20.8 Å². The molecule has 144 valence electrons. The van der Waals surface area contributed by atoms with Crippen LogP contribution >= 0.6 is 11.3 Å². The summed E-state index contributed by atoms with van der Waals surface area (Å²) in [6, 6.07) is 7.37. The lowest BCUT2D eigenvalue weighted by Gasteiger charge is -2.35. The summed E-state index contributed by atoms with van der Waals surface area (Å²) in [5, 5.41) is 2.60. The molecular formula is C18H17FN6O2S. The van der Waals surface area contributed by atoms with Crippen molar-refractivity contribution in [2.75, 3.05) is 36.4 Å². The highest BCUT2D eigenvalue weighted by Gasteiger charge is 2.24. The first-order chi connectivity index (χ1) is 13.5. The van der Waals surface area contributed by atoms with Crippen LogP contribution in [0.1, 0.15) is 9.67 Å². The average molecular weight is 400 g/mol. The number of hydrogen-bond donors (Lipinski definition) is 2. The van der Waals surface area contributed by atoms with Gasteiger partial charge in [-0.05, 0) is 18.2 Å². The zero-order valence-corrected chi connectivity index (χ0v) is 15.6. The van der Waals surface area contributed by atoms with E-state index in [2.05, 4.69) is 15.3 Å².